The Morgan fingerprint density at radius 3 is 2.75 bits per heavy atom. The average molecular weight is 244 g/mol. The number of hydrogen-bond donors (Lipinski definition) is 1. The summed E-state index contributed by atoms with van der Waals surface area (Å²) in [6, 6.07) is 0.628. The number of nitrogens with zero attached hydrogens (tertiary/aromatic N) is 1. The van der Waals surface area contributed by atoms with Crippen molar-refractivity contribution in [3.8, 4) is 0 Å². The van der Waals surface area contributed by atoms with Crippen LogP contribution in [0.15, 0.2) is 0 Å². The van der Waals surface area contributed by atoms with Crippen molar-refractivity contribution >= 4 is 17.7 Å². The number of nitrogens with one attached hydrogen (secondary N) is 1. The summed E-state index contributed by atoms with van der Waals surface area (Å²) in [6.07, 6.45) is 3.22. The number of hydrogen-bond acceptors (Lipinski definition) is 3. The van der Waals surface area contributed by atoms with Crippen molar-refractivity contribution in [2.45, 2.75) is 39.2 Å². The fourth-order valence-corrected chi connectivity index (χ4v) is 3.13. The number of carbonyl (C=O) groups excluding carboxylic acids is 1. The van der Waals surface area contributed by atoms with Crippen molar-refractivity contribution in [1.29, 1.82) is 0 Å². The molecule has 1 fully saturated rings. The normalized spacial score (nSPS) is 20.8. The van der Waals surface area contributed by atoms with Crippen molar-refractivity contribution in [3.63, 3.8) is 0 Å². The highest BCUT2D eigenvalue weighted by Gasteiger charge is 2.14. The molecule has 1 atom stereocenters. The molecule has 1 saturated heterocycles. The average Bonchev–Trinajstić information content (AvgIpc) is 2.32. The molecule has 0 spiro atoms. The van der Waals surface area contributed by atoms with Gasteiger partial charge in [-0.3, -0.25) is 4.79 Å². The quantitative estimate of drug-likeness (QED) is 0.772. The molecule has 0 bridgehead atoms. The molecule has 1 N–H and O–H groups in total. The van der Waals surface area contributed by atoms with Crippen molar-refractivity contribution in [2.75, 3.05) is 31.1 Å². The zero-order valence-electron chi connectivity index (χ0n) is 10.5. The molecule has 0 aromatic carbocycles. The van der Waals surface area contributed by atoms with Gasteiger partial charge in [-0.25, -0.2) is 0 Å². The number of thioether (sulfide) groups is 1. The minimum Gasteiger partial charge on any atom is -0.343 e. The van der Waals surface area contributed by atoms with Crippen molar-refractivity contribution in [1.82, 2.24) is 10.2 Å². The lowest BCUT2D eigenvalue weighted by atomic mass is 10.2. The van der Waals surface area contributed by atoms with E-state index in [9.17, 15) is 4.79 Å². The van der Waals surface area contributed by atoms with E-state index < -0.39 is 0 Å². The molecule has 0 radical (unpaired) electrons. The molecule has 0 aliphatic carbocycles. The number of rotatable bonds is 6. The summed E-state index contributed by atoms with van der Waals surface area (Å²) in [5.41, 5.74) is 0. The summed E-state index contributed by atoms with van der Waals surface area (Å²) in [4.78, 5) is 13.6. The predicted octanol–water partition coefficient (Wildman–Crippen LogP) is 1.73. The van der Waals surface area contributed by atoms with E-state index in [1.807, 2.05) is 30.5 Å². The first kappa shape index (κ1) is 13.8. The standard InChI is InChI=1S/C12H24N2OS/c1-3-14(4-2)12(15)7-8-13-11-6-5-9-16-10-11/h11,13H,3-10H2,1-2H3. The maximum atomic E-state index is 11.7. The van der Waals surface area contributed by atoms with Crippen LogP contribution in [0.3, 0.4) is 0 Å². The summed E-state index contributed by atoms with van der Waals surface area (Å²) >= 11 is 2.02. The smallest absolute Gasteiger partial charge is 0.223 e. The van der Waals surface area contributed by atoms with Gasteiger partial charge in [-0.05, 0) is 32.4 Å². The highest BCUT2D eigenvalue weighted by atomic mass is 32.2. The van der Waals surface area contributed by atoms with Gasteiger partial charge in [-0.2, -0.15) is 11.8 Å². The van der Waals surface area contributed by atoms with Gasteiger partial charge in [0.05, 0.1) is 0 Å². The molecule has 1 rings (SSSR count). The van der Waals surface area contributed by atoms with E-state index >= 15 is 0 Å². The molecular weight excluding hydrogens is 220 g/mol. The maximum Gasteiger partial charge on any atom is 0.223 e. The van der Waals surface area contributed by atoms with Crippen LogP contribution in [0, 0.1) is 0 Å². The molecule has 3 nitrogen and oxygen atoms in total. The first-order chi connectivity index (χ1) is 7.77. The van der Waals surface area contributed by atoms with Crippen LogP contribution in [0.25, 0.3) is 0 Å². The molecule has 1 heterocycles. The van der Waals surface area contributed by atoms with Crippen molar-refractivity contribution < 1.29 is 4.79 Å². The first-order valence-corrected chi connectivity index (χ1v) is 7.52. The Bertz CT molecular complexity index is 201. The Kier molecular flexibility index (Phi) is 6.88. The second-order valence-corrected chi connectivity index (χ2v) is 5.33. The lowest BCUT2D eigenvalue weighted by Crippen LogP contribution is -2.38. The van der Waals surface area contributed by atoms with Gasteiger partial charge in [0.1, 0.15) is 0 Å². The van der Waals surface area contributed by atoms with Crippen LogP contribution in [-0.4, -0.2) is 48.0 Å². The van der Waals surface area contributed by atoms with Crippen LogP contribution >= 0.6 is 11.8 Å². The van der Waals surface area contributed by atoms with Gasteiger partial charge >= 0.3 is 0 Å². The van der Waals surface area contributed by atoms with E-state index in [4.69, 9.17) is 0 Å². The monoisotopic (exact) mass is 244 g/mol. The van der Waals surface area contributed by atoms with Gasteiger partial charge in [0.25, 0.3) is 0 Å². The lowest BCUT2D eigenvalue weighted by Gasteiger charge is -2.23. The molecule has 94 valence electrons. The minimum absolute atomic E-state index is 0.279. The highest BCUT2D eigenvalue weighted by molar-refractivity contribution is 7.99. The molecule has 1 aliphatic rings. The summed E-state index contributed by atoms with van der Waals surface area (Å²) in [5.74, 6) is 2.79. The van der Waals surface area contributed by atoms with E-state index in [2.05, 4.69) is 5.32 Å². The van der Waals surface area contributed by atoms with Gasteiger partial charge in [-0.15, -0.1) is 0 Å². The fraction of sp³-hybridized carbons (Fsp3) is 0.917. The SMILES string of the molecule is CCN(CC)C(=O)CCNC1CCCSC1. The maximum absolute atomic E-state index is 11.7. The van der Waals surface area contributed by atoms with Crippen molar-refractivity contribution in [3.05, 3.63) is 0 Å². The van der Waals surface area contributed by atoms with Gasteiger partial charge in [-0.1, -0.05) is 0 Å². The molecule has 4 heteroatoms. The summed E-state index contributed by atoms with van der Waals surface area (Å²) < 4.78 is 0. The lowest BCUT2D eigenvalue weighted by molar-refractivity contribution is -0.130. The van der Waals surface area contributed by atoms with Crippen LogP contribution in [0.1, 0.15) is 33.1 Å². The molecular formula is C12H24N2OS. The largest absolute Gasteiger partial charge is 0.343 e. The van der Waals surface area contributed by atoms with E-state index in [-0.39, 0.29) is 5.91 Å². The predicted molar refractivity (Wildman–Crippen MR) is 70.9 cm³/mol. The molecule has 0 aromatic rings. The minimum atomic E-state index is 0.279. The van der Waals surface area contributed by atoms with Crippen molar-refractivity contribution in [2.24, 2.45) is 0 Å². The van der Waals surface area contributed by atoms with E-state index in [1.54, 1.807) is 0 Å². The molecule has 0 aromatic heterocycles. The van der Waals surface area contributed by atoms with E-state index in [0.29, 0.717) is 12.5 Å². The Morgan fingerprint density at radius 2 is 2.19 bits per heavy atom. The zero-order valence-corrected chi connectivity index (χ0v) is 11.3. The molecule has 1 amide bonds. The van der Waals surface area contributed by atoms with Crippen LogP contribution in [-0.2, 0) is 4.79 Å². The third-order valence-electron chi connectivity index (χ3n) is 3.05. The number of carbonyl (C=O) groups is 1. The third-order valence-corrected chi connectivity index (χ3v) is 4.26. The van der Waals surface area contributed by atoms with E-state index in [1.165, 1.54) is 24.3 Å². The molecule has 16 heavy (non-hydrogen) atoms. The third kappa shape index (κ3) is 4.74. The highest BCUT2D eigenvalue weighted by Crippen LogP contribution is 2.16. The van der Waals surface area contributed by atoms with Gasteiger partial charge in [0.15, 0.2) is 0 Å². The van der Waals surface area contributed by atoms with Crippen LogP contribution in [0.4, 0.5) is 0 Å². The summed E-state index contributed by atoms with van der Waals surface area (Å²) in [7, 11) is 0. The van der Waals surface area contributed by atoms with Gasteiger partial charge < -0.3 is 10.2 Å². The summed E-state index contributed by atoms with van der Waals surface area (Å²) in [6.45, 7) is 6.56. The van der Waals surface area contributed by atoms with Crippen LogP contribution in [0.2, 0.25) is 0 Å². The van der Waals surface area contributed by atoms with Crippen LogP contribution in [0.5, 0.6) is 0 Å². The Labute approximate surface area is 103 Å². The zero-order chi connectivity index (χ0) is 11.8. The summed E-state index contributed by atoms with van der Waals surface area (Å²) in [5, 5.41) is 3.49. The molecule has 0 saturated carbocycles. The van der Waals surface area contributed by atoms with Crippen LogP contribution < -0.4 is 5.32 Å². The van der Waals surface area contributed by atoms with Gasteiger partial charge in [0, 0.05) is 37.8 Å². The fourth-order valence-electron chi connectivity index (χ4n) is 2.02. The molecule has 1 aliphatic heterocycles. The second kappa shape index (κ2) is 7.96. The molecule has 1 unspecified atom stereocenters. The Morgan fingerprint density at radius 1 is 1.44 bits per heavy atom. The Balaban J connectivity index is 2.11. The second-order valence-electron chi connectivity index (χ2n) is 4.18. The Hall–Kier alpha value is -0.220. The number of amides is 1. The first-order valence-electron chi connectivity index (χ1n) is 6.36. The van der Waals surface area contributed by atoms with Gasteiger partial charge in [0.2, 0.25) is 5.91 Å². The topological polar surface area (TPSA) is 32.3 Å². The van der Waals surface area contributed by atoms with E-state index in [0.717, 1.165) is 19.6 Å².